The molecule has 2 aromatic carbocycles. The van der Waals surface area contributed by atoms with Crippen LogP contribution in [0.2, 0.25) is 0 Å². The number of nitrogens with one attached hydrogen (secondary N) is 1. The molecule has 1 N–H and O–H groups in total. The van der Waals surface area contributed by atoms with E-state index in [0.717, 1.165) is 39.1 Å². The van der Waals surface area contributed by atoms with E-state index in [-0.39, 0.29) is 0 Å². The highest BCUT2D eigenvalue weighted by atomic mass is 15.2. The summed E-state index contributed by atoms with van der Waals surface area (Å²) < 4.78 is 0. The molecule has 0 spiro atoms. The van der Waals surface area contributed by atoms with Gasteiger partial charge in [0, 0.05) is 30.4 Å². The van der Waals surface area contributed by atoms with Crippen molar-refractivity contribution in [2.24, 2.45) is 0 Å². The Morgan fingerprint density at radius 1 is 0.857 bits per heavy atom. The van der Waals surface area contributed by atoms with Crippen molar-refractivity contribution in [1.82, 2.24) is 24.9 Å². The van der Waals surface area contributed by atoms with E-state index in [4.69, 9.17) is 9.97 Å². The lowest BCUT2D eigenvalue weighted by Crippen LogP contribution is -2.19. The van der Waals surface area contributed by atoms with Gasteiger partial charge in [0.1, 0.15) is 11.6 Å². The van der Waals surface area contributed by atoms with Gasteiger partial charge in [0.05, 0.1) is 23.1 Å². The van der Waals surface area contributed by atoms with E-state index in [1.165, 1.54) is 0 Å². The molecule has 5 rings (SSSR count). The molecule has 28 heavy (non-hydrogen) atoms. The first-order chi connectivity index (χ1) is 13.8. The molecule has 136 valence electrons. The van der Waals surface area contributed by atoms with E-state index in [9.17, 15) is 0 Å². The van der Waals surface area contributed by atoms with Crippen molar-refractivity contribution in [2.75, 3.05) is 11.9 Å². The summed E-state index contributed by atoms with van der Waals surface area (Å²) >= 11 is 0. The van der Waals surface area contributed by atoms with Crippen molar-refractivity contribution in [3.05, 3.63) is 78.9 Å². The predicted octanol–water partition coefficient (Wildman–Crippen LogP) is 4.20. The van der Waals surface area contributed by atoms with Crippen molar-refractivity contribution < 1.29 is 0 Å². The molecule has 0 saturated carbocycles. The number of nitrogens with zero attached hydrogens (tertiary/aromatic N) is 5. The molecule has 0 radical (unpaired) electrons. The summed E-state index contributed by atoms with van der Waals surface area (Å²) in [6, 6.07) is 20.0. The molecule has 0 unspecified atom stereocenters. The zero-order chi connectivity index (χ0) is 18.9. The topological polar surface area (TPSA) is 70.6 Å². The van der Waals surface area contributed by atoms with Gasteiger partial charge in [-0.2, -0.15) is 0 Å². The molecule has 5 aromatic rings. The standard InChI is InChI=1S/C22H18N6/c1-28(14-20-24-18-10-4-5-11-19(18)25-20)22-16-8-2-3-9-17(16)26-21(27-22)15-7-6-12-23-13-15/h2-13H,14H2,1H3,(H,24,25). The summed E-state index contributed by atoms with van der Waals surface area (Å²) in [7, 11) is 2.02. The fourth-order valence-electron chi connectivity index (χ4n) is 3.36. The third-order valence-electron chi connectivity index (χ3n) is 4.69. The summed E-state index contributed by atoms with van der Waals surface area (Å²) in [5.41, 5.74) is 3.80. The lowest BCUT2D eigenvalue weighted by molar-refractivity contribution is 0.850. The fourth-order valence-corrected chi connectivity index (χ4v) is 3.36. The molecule has 0 aliphatic heterocycles. The van der Waals surface area contributed by atoms with Gasteiger partial charge >= 0.3 is 0 Å². The van der Waals surface area contributed by atoms with E-state index in [1.54, 1.807) is 12.4 Å². The maximum Gasteiger partial charge on any atom is 0.163 e. The fraction of sp³-hybridized carbons (Fsp3) is 0.0909. The molecule has 0 amide bonds. The SMILES string of the molecule is CN(Cc1nc2ccccc2[nH]1)c1nc(-c2cccnc2)nc2ccccc12. The second-order valence-electron chi connectivity index (χ2n) is 6.69. The number of aromatic nitrogens is 5. The van der Waals surface area contributed by atoms with Crippen LogP contribution in [0.25, 0.3) is 33.3 Å². The van der Waals surface area contributed by atoms with Crippen molar-refractivity contribution in [3.8, 4) is 11.4 Å². The molecule has 3 heterocycles. The van der Waals surface area contributed by atoms with Gasteiger partial charge in [-0.1, -0.05) is 24.3 Å². The van der Waals surface area contributed by atoms with Crippen LogP contribution in [0.3, 0.4) is 0 Å². The molecule has 6 nitrogen and oxygen atoms in total. The van der Waals surface area contributed by atoms with Gasteiger partial charge in [-0.05, 0) is 36.4 Å². The van der Waals surface area contributed by atoms with Crippen molar-refractivity contribution >= 4 is 27.8 Å². The molecule has 0 fully saturated rings. The number of aromatic amines is 1. The smallest absolute Gasteiger partial charge is 0.163 e. The van der Waals surface area contributed by atoms with E-state index in [2.05, 4.69) is 19.9 Å². The molecule has 0 atom stereocenters. The number of H-pyrrole nitrogens is 1. The number of fused-ring (bicyclic) bond motifs is 2. The van der Waals surface area contributed by atoms with E-state index in [1.807, 2.05) is 67.7 Å². The molecule has 0 bridgehead atoms. The van der Waals surface area contributed by atoms with Crippen molar-refractivity contribution in [2.45, 2.75) is 6.54 Å². The normalized spacial score (nSPS) is 11.2. The second kappa shape index (κ2) is 6.74. The lowest BCUT2D eigenvalue weighted by Gasteiger charge is -2.19. The van der Waals surface area contributed by atoms with Crippen LogP contribution in [0.4, 0.5) is 5.82 Å². The Labute approximate surface area is 161 Å². The number of imidazole rings is 1. The predicted molar refractivity (Wildman–Crippen MR) is 111 cm³/mol. The highest BCUT2D eigenvalue weighted by Crippen LogP contribution is 2.27. The number of rotatable bonds is 4. The van der Waals surface area contributed by atoms with Crippen LogP contribution < -0.4 is 4.90 Å². The Bertz CT molecular complexity index is 1230. The Hall–Kier alpha value is -3.80. The molecule has 0 aliphatic rings. The van der Waals surface area contributed by atoms with Crippen LogP contribution in [-0.2, 0) is 6.54 Å². The highest BCUT2D eigenvalue weighted by Gasteiger charge is 2.14. The third-order valence-corrected chi connectivity index (χ3v) is 4.69. The molecular formula is C22H18N6. The van der Waals surface area contributed by atoms with Crippen LogP contribution in [0.1, 0.15) is 5.82 Å². The molecule has 6 heteroatoms. The molecule has 3 aromatic heterocycles. The minimum atomic E-state index is 0.613. The summed E-state index contributed by atoms with van der Waals surface area (Å²) in [6.07, 6.45) is 3.53. The quantitative estimate of drug-likeness (QED) is 0.516. The lowest BCUT2D eigenvalue weighted by atomic mass is 10.2. The zero-order valence-electron chi connectivity index (χ0n) is 15.4. The average Bonchev–Trinajstić information content (AvgIpc) is 3.15. The Balaban J connectivity index is 1.58. The van der Waals surface area contributed by atoms with Gasteiger partial charge in [0.25, 0.3) is 0 Å². The average molecular weight is 366 g/mol. The summed E-state index contributed by atoms with van der Waals surface area (Å²) in [5.74, 6) is 2.43. The summed E-state index contributed by atoms with van der Waals surface area (Å²) in [6.45, 7) is 0.613. The minimum absolute atomic E-state index is 0.613. The van der Waals surface area contributed by atoms with Gasteiger partial charge in [0.15, 0.2) is 5.82 Å². The molecule has 0 aliphatic carbocycles. The van der Waals surface area contributed by atoms with E-state index >= 15 is 0 Å². The number of hydrogen-bond donors (Lipinski definition) is 1. The van der Waals surface area contributed by atoms with Crippen LogP contribution in [0.15, 0.2) is 73.1 Å². The first-order valence-electron chi connectivity index (χ1n) is 9.10. The zero-order valence-corrected chi connectivity index (χ0v) is 15.4. The van der Waals surface area contributed by atoms with Gasteiger partial charge in [-0.3, -0.25) is 4.98 Å². The van der Waals surface area contributed by atoms with E-state index < -0.39 is 0 Å². The molecule has 0 saturated heterocycles. The number of anilines is 1. The third kappa shape index (κ3) is 2.95. The van der Waals surface area contributed by atoms with Crippen molar-refractivity contribution in [1.29, 1.82) is 0 Å². The first kappa shape index (κ1) is 16.4. The van der Waals surface area contributed by atoms with Gasteiger partial charge in [-0.15, -0.1) is 0 Å². The van der Waals surface area contributed by atoms with Crippen molar-refractivity contribution in [3.63, 3.8) is 0 Å². The monoisotopic (exact) mass is 366 g/mol. The minimum Gasteiger partial charge on any atom is -0.352 e. The number of para-hydroxylation sites is 3. The first-order valence-corrected chi connectivity index (χ1v) is 9.10. The Morgan fingerprint density at radius 2 is 1.68 bits per heavy atom. The Kier molecular flexibility index (Phi) is 3.94. The molecular weight excluding hydrogens is 348 g/mol. The number of hydrogen-bond acceptors (Lipinski definition) is 5. The van der Waals surface area contributed by atoms with Gasteiger partial charge < -0.3 is 9.88 Å². The van der Waals surface area contributed by atoms with Crippen LogP contribution in [-0.4, -0.2) is 32.0 Å². The summed E-state index contributed by atoms with van der Waals surface area (Å²) in [5, 5.41) is 1.01. The maximum absolute atomic E-state index is 4.85. The van der Waals surface area contributed by atoms with E-state index in [0.29, 0.717) is 12.4 Å². The highest BCUT2D eigenvalue weighted by molar-refractivity contribution is 5.91. The number of pyridine rings is 1. The van der Waals surface area contributed by atoms with Crippen LogP contribution in [0, 0.1) is 0 Å². The second-order valence-corrected chi connectivity index (χ2v) is 6.69. The van der Waals surface area contributed by atoms with Crippen LogP contribution in [0.5, 0.6) is 0 Å². The van der Waals surface area contributed by atoms with Crippen LogP contribution >= 0.6 is 0 Å². The largest absolute Gasteiger partial charge is 0.352 e. The summed E-state index contributed by atoms with van der Waals surface area (Å²) in [4.78, 5) is 24.0. The van der Waals surface area contributed by atoms with Gasteiger partial charge in [-0.25, -0.2) is 15.0 Å². The number of benzene rings is 2. The maximum atomic E-state index is 4.85. The van der Waals surface area contributed by atoms with Gasteiger partial charge in [0.2, 0.25) is 0 Å². The Morgan fingerprint density at radius 3 is 2.50 bits per heavy atom.